The standard InChI is InChI=1S/C21H19N3O3S2/c1-28-17-6-4-5-16(13-17)22-21(25)15-11-9-14(10-12-15)20-23-18-7-2-3-8-19(18)29(26,27)24-20/h2-13,20,23-24H,1H3,(H,22,25)/t20-/m0/s1. The molecule has 148 valence electrons. The summed E-state index contributed by atoms with van der Waals surface area (Å²) in [6.07, 6.45) is 1.37. The Labute approximate surface area is 173 Å². The average molecular weight is 426 g/mol. The monoisotopic (exact) mass is 425 g/mol. The van der Waals surface area contributed by atoms with Crippen molar-refractivity contribution in [2.75, 3.05) is 16.9 Å². The fourth-order valence-corrected chi connectivity index (χ4v) is 4.87. The highest BCUT2D eigenvalue weighted by atomic mass is 32.2. The van der Waals surface area contributed by atoms with E-state index in [4.69, 9.17) is 0 Å². The van der Waals surface area contributed by atoms with Crippen LogP contribution in [0.15, 0.2) is 82.6 Å². The van der Waals surface area contributed by atoms with Crippen molar-refractivity contribution in [2.24, 2.45) is 0 Å². The molecule has 0 saturated carbocycles. The van der Waals surface area contributed by atoms with Crippen LogP contribution < -0.4 is 15.4 Å². The number of fused-ring (bicyclic) bond motifs is 1. The lowest BCUT2D eigenvalue weighted by Gasteiger charge is -2.28. The molecule has 4 rings (SSSR count). The maximum Gasteiger partial charge on any atom is 0.255 e. The van der Waals surface area contributed by atoms with Gasteiger partial charge in [0.2, 0.25) is 10.0 Å². The number of para-hydroxylation sites is 1. The van der Waals surface area contributed by atoms with Crippen molar-refractivity contribution in [1.29, 1.82) is 0 Å². The van der Waals surface area contributed by atoms with Crippen LogP contribution in [-0.4, -0.2) is 20.6 Å². The number of anilines is 2. The minimum atomic E-state index is -3.61. The van der Waals surface area contributed by atoms with Crippen LogP contribution in [-0.2, 0) is 10.0 Å². The van der Waals surface area contributed by atoms with Crippen LogP contribution in [0.1, 0.15) is 22.1 Å². The lowest BCUT2D eigenvalue weighted by Crippen LogP contribution is -2.38. The molecule has 1 atom stereocenters. The lowest BCUT2D eigenvalue weighted by molar-refractivity contribution is 0.102. The van der Waals surface area contributed by atoms with E-state index in [0.717, 1.165) is 10.6 Å². The number of nitrogens with one attached hydrogen (secondary N) is 3. The molecule has 8 heteroatoms. The number of amides is 1. The van der Waals surface area contributed by atoms with E-state index in [9.17, 15) is 13.2 Å². The summed E-state index contributed by atoms with van der Waals surface area (Å²) in [5.41, 5.74) is 2.47. The molecular formula is C21H19N3O3S2. The van der Waals surface area contributed by atoms with E-state index in [1.165, 1.54) is 0 Å². The zero-order chi connectivity index (χ0) is 20.4. The summed E-state index contributed by atoms with van der Waals surface area (Å²) in [5, 5.41) is 6.06. The van der Waals surface area contributed by atoms with Gasteiger partial charge in [-0.05, 0) is 54.3 Å². The molecular weight excluding hydrogens is 406 g/mol. The molecule has 1 heterocycles. The Hall–Kier alpha value is -2.81. The van der Waals surface area contributed by atoms with E-state index in [2.05, 4.69) is 15.4 Å². The molecule has 0 unspecified atom stereocenters. The molecule has 1 aliphatic heterocycles. The van der Waals surface area contributed by atoms with Gasteiger partial charge < -0.3 is 10.6 Å². The Bertz CT molecular complexity index is 1160. The lowest BCUT2D eigenvalue weighted by atomic mass is 10.1. The number of carbonyl (C=O) groups is 1. The summed E-state index contributed by atoms with van der Waals surface area (Å²) in [7, 11) is -3.61. The maximum atomic E-state index is 12.5. The Balaban J connectivity index is 1.51. The van der Waals surface area contributed by atoms with E-state index in [-0.39, 0.29) is 10.8 Å². The summed E-state index contributed by atoms with van der Waals surface area (Å²) in [5.74, 6) is -0.225. The molecule has 0 spiro atoms. The predicted molar refractivity (Wildman–Crippen MR) is 116 cm³/mol. The third-order valence-corrected chi connectivity index (χ3v) is 6.79. The third-order valence-electron chi connectivity index (χ3n) is 4.58. The zero-order valence-corrected chi connectivity index (χ0v) is 17.2. The molecule has 0 bridgehead atoms. The van der Waals surface area contributed by atoms with Gasteiger partial charge in [-0.15, -0.1) is 11.8 Å². The van der Waals surface area contributed by atoms with Crippen molar-refractivity contribution in [2.45, 2.75) is 16.0 Å². The highest BCUT2D eigenvalue weighted by Crippen LogP contribution is 2.30. The zero-order valence-electron chi connectivity index (χ0n) is 15.5. The van der Waals surface area contributed by atoms with Crippen molar-refractivity contribution in [3.05, 3.63) is 83.9 Å². The molecule has 0 aliphatic carbocycles. The van der Waals surface area contributed by atoms with Crippen molar-refractivity contribution in [1.82, 2.24) is 4.72 Å². The van der Waals surface area contributed by atoms with Gasteiger partial charge in [0, 0.05) is 16.1 Å². The van der Waals surface area contributed by atoms with E-state index in [1.54, 1.807) is 60.3 Å². The van der Waals surface area contributed by atoms with Crippen LogP contribution in [0.25, 0.3) is 0 Å². The second kappa shape index (κ2) is 7.90. The second-order valence-electron chi connectivity index (χ2n) is 6.50. The highest BCUT2D eigenvalue weighted by molar-refractivity contribution is 7.98. The number of thioether (sulfide) groups is 1. The van der Waals surface area contributed by atoms with Crippen LogP contribution in [0.4, 0.5) is 11.4 Å². The van der Waals surface area contributed by atoms with E-state index in [1.807, 2.05) is 30.5 Å². The fourth-order valence-electron chi connectivity index (χ4n) is 3.11. The Morgan fingerprint density at radius 1 is 1.00 bits per heavy atom. The Morgan fingerprint density at radius 3 is 2.52 bits per heavy atom. The molecule has 3 N–H and O–H groups in total. The van der Waals surface area contributed by atoms with Crippen LogP contribution in [0.5, 0.6) is 0 Å². The maximum absolute atomic E-state index is 12.5. The Morgan fingerprint density at radius 2 is 1.76 bits per heavy atom. The number of benzene rings is 3. The number of hydrogen-bond donors (Lipinski definition) is 3. The molecule has 1 aliphatic rings. The molecule has 0 radical (unpaired) electrons. The van der Waals surface area contributed by atoms with Gasteiger partial charge in [0.1, 0.15) is 11.1 Å². The van der Waals surface area contributed by atoms with Crippen molar-refractivity contribution < 1.29 is 13.2 Å². The number of rotatable bonds is 4. The molecule has 3 aromatic rings. The van der Waals surface area contributed by atoms with E-state index >= 15 is 0 Å². The first kappa shape index (κ1) is 19.5. The molecule has 6 nitrogen and oxygen atoms in total. The first-order valence-electron chi connectivity index (χ1n) is 8.89. The minimum Gasteiger partial charge on any atom is -0.364 e. The first-order chi connectivity index (χ1) is 14.0. The minimum absolute atomic E-state index is 0.222. The quantitative estimate of drug-likeness (QED) is 0.549. The number of hydrogen-bond acceptors (Lipinski definition) is 5. The van der Waals surface area contributed by atoms with Gasteiger partial charge in [-0.1, -0.05) is 30.3 Å². The third kappa shape index (κ3) is 4.14. The normalized spacial score (nSPS) is 17.1. The number of carbonyl (C=O) groups excluding carboxylic acids is 1. The SMILES string of the molecule is CSc1cccc(NC(=O)c2ccc([C@H]3Nc4ccccc4S(=O)(=O)N3)cc2)c1. The average Bonchev–Trinajstić information content (AvgIpc) is 2.73. The number of sulfonamides is 1. The van der Waals surface area contributed by atoms with Gasteiger partial charge in [-0.2, -0.15) is 4.72 Å². The van der Waals surface area contributed by atoms with Gasteiger partial charge in [0.05, 0.1) is 5.69 Å². The van der Waals surface area contributed by atoms with Crippen molar-refractivity contribution in [3.8, 4) is 0 Å². The topological polar surface area (TPSA) is 87.3 Å². The highest BCUT2D eigenvalue weighted by Gasteiger charge is 2.29. The summed E-state index contributed by atoms with van der Waals surface area (Å²) in [6.45, 7) is 0. The van der Waals surface area contributed by atoms with Crippen LogP contribution in [0.3, 0.4) is 0 Å². The fraction of sp³-hybridized carbons (Fsp3) is 0.0952. The second-order valence-corrected chi connectivity index (χ2v) is 9.06. The molecule has 1 amide bonds. The summed E-state index contributed by atoms with van der Waals surface area (Å²) < 4.78 is 27.6. The molecule has 29 heavy (non-hydrogen) atoms. The van der Waals surface area contributed by atoms with Gasteiger partial charge >= 0.3 is 0 Å². The van der Waals surface area contributed by atoms with Crippen LogP contribution >= 0.6 is 11.8 Å². The molecule has 0 aromatic heterocycles. The first-order valence-corrected chi connectivity index (χ1v) is 11.6. The molecule has 0 fully saturated rings. The van der Waals surface area contributed by atoms with E-state index in [0.29, 0.717) is 16.8 Å². The van der Waals surface area contributed by atoms with Crippen molar-refractivity contribution >= 4 is 39.1 Å². The molecule has 0 saturated heterocycles. The summed E-state index contributed by atoms with van der Waals surface area (Å²) in [6, 6.07) is 21.2. The van der Waals surface area contributed by atoms with Gasteiger partial charge in [0.15, 0.2) is 0 Å². The van der Waals surface area contributed by atoms with Gasteiger partial charge in [-0.3, -0.25) is 4.79 Å². The van der Waals surface area contributed by atoms with Gasteiger partial charge in [-0.25, -0.2) is 8.42 Å². The van der Waals surface area contributed by atoms with Crippen molar-refractivity contribution in [3.63, 3.8) is 0 Å². The van der Waals surface area contributed by atoms with Crippen LogP contribution in [0, 0.1) is 0 Å². The van der Waals surface area contributed by atoms with E-state index < -0.39 is 16.2 Å². The molecule has 3 aromatic carbocycles. The van der Waals surface area contributed by atoms with Crippen LogP contribution in [0.2, 0.25) is 0 Å². The summed E-state index contributed by atoms with van der Waals surface area (Å²) >= 11 is 1.60. The predicted octanol–water partition coefficient (Wildman–Crippen LogP) is 4.06. The largest absolute Gasteiger partial charge is 0.364 e. The smallest absolute Gasteiger partial charge is 0.255 e. The Kier molecular flexibility index (Phi) is 5.31. The summed E-state index contributed by atoms with van der Waals surface area (Å²) in [4.78, 5) is 13.8. The van der Waals surface area contributed by atoms with Gasteiger partial charge in [0.25, 0.3) is 5.91 Å².